The first-order valence-electron chi connectivity index (χ1n) is 7.90. The first-order chi connectivity index (χ1) is 13.7. The van der Waals surface area contributed by atoms with Crippen molar-refractivity contribution in [1.29, 1.82) is 0 Å². The summed E-state index contributed by atoms with van der Waals surface area (Å²) in [6, 6.07) is 9.95. The van der Waals surface area contributed by atoms with Crippen LogP contribution in [0.15, 0.2) is 64.9 Å². The zero-order valence-electron chi connectivity index (χ0n) is 14.5. The number of anilines is 2. The Morgan fingerprint density at radius 2 is 1.41 bits per heavy atom. The van der Waals surface area contributed by atoms with Gasteiger partial charge in [-0.15, -0.1) is 0 Å². The average molecular weight is 434 g/mol. The lowest BCUT2D eigenvalue weighted by Gasteiger charge is -2.11. The van der Waals surface area contributed by atoms with Crippen molar-refractivity contribution in [2.24, 2.45) is 0 Å². The van der Waals surface area contributed by atoms with E-state index in [1.165, 1.54) is 61.2 Å². The van der Waals surface area contributed by atoms with E-state index >= 15 is 0 Å². The second kappa shape index (κ2) is 8.05. The van der Waals surface area contributed by atoms with Crippen LogP contribution in [0.2, 0.25) is 0 Å². The van der Waals surface area contributed by atoms with Crippen LogP contribution in [0.3, 0.4) is 0 Å². The molecule has 0 saturated heterocycles. The SMILES string of the molecule is O=S(=O)(O)c1ccccc1C=Cc1cccc(Nc2ncncn2)c1S(=O)(=O)O. The molecule has 12 heteroatoms. The highest BCUT2D eigenvalue weighted by Gasteiger charge is 2.20. The molecule has 0 unspecified atom stereocenters. The smallest absolute Gasteiger partial charge is 0.297 e. The first-order valence-corrected chi connectivity index (χ1v) is 10.8. The lowest BCUT2D eigenvalue weighted by atomic mass is 10.1. The lowest BCUT2D eigenvalue weighted by Crippen LogP contribution is -2.07. The van der Waals surface area contributed by atoms with Crippen molar-refractivity contribution in [2.45, 2.75) is 9.79 Å². The molecular formula is C17H14N4O6S2. The average Bonchev–Trinajstić information content (AvgIpc) is 2.66. The zero-order chi connectivity index (χ0) is 21.1. The highest BCUT2D eigenvalue weighted by molar-refractivity contribution is 7.86. The zero-order valence-corrected chi connectivity index (χ0v) is 16.2. The summed E-state index contributed by atoms with van der Waals surface area (Å²) in [5.74, 6) is 0.0581. The van der Waals surface area contributed by atoms with Gasteiger partial charge in [-0.2, -0.15) is 16.8 Å². The molecule has 0 spiro atoms. The molecule has 10 nitrogen and oxygen atoms in total. The van der Waals surface area contributed by atoms with E-state index in [-0.39, 0.29) is 27.7 Å². The van der Waals surface area contributed by atoms with E-state index in [4.69, 9.17) is 0 Å². The van der Waals surface area contributed by atoms with Gasteiger partial charge in [0.15, 0.2) is 0 Å². The fourth-order valence-electron chi connectivity index (χ4n) is 2.53. The standard InChI is InChI=1S/C17H14N4O6S2/c22-28(23,24)15-7-2-1-4-12(15)8-9-13-5-3-6-14(16(13)29(25,26)27)21-17-19-10-18-11-20-17/h1-11H,(H,22,23,24)(H,25,26,27)(H,18,19,20,21). The van der Waals surface area contributed by atoms with Gasteiger partial charge in [0.25, 0.3) is 20.2 Å². The minimum atomic E-state index is -4.68. The molecule has 2 aromatic carbocycles. The maximum absolute atomic E-state index is 12.0. The Kier molecular flexibility index (Phi) is 5.70. The van der Waals surface area contributed by atoms with E-state index in [1.807, 2.05) is 0 Å². The molecule has 0 saturated carbocycles. The van der Waals surface area contributed by atoms with Crippen LogP contribution in [0.5, 0.6) is 0 Å². The molecule has 1 heterocycles. The van der Waals surface area contributed by atoms with E-state index in [2.05, 4.69) is 20.3 Å². The van der Waals surface area contributed by atoms with Gasteiger partial charge in [0, 0.05) is 0 Å². The van der Waals surface area contributed by atoms with Gasteiger partial charge in [0.2, 0.25) is 5.95 Å². The summed E-state index contributed by atoms with van der Waals surface area (Å²) in [5.41, 5.74) is 0.202. The maximum atomic E-state index is 12.0. The first kappa shape index (κ1) is 20.5. The molecule has 0 atom stereocenters. The molecule has 0 aliphatic carbocycles. The second-order valence-electron chi connectivity index (χ2n) is 5.63. The van der Waals surface area contributed by atoms with E-state index in [1.54, 1.807) is 6.07 Å². The summed E-state index contributed by atoms with van der Waals surface area (Å²) in [7, 11) is -9.16. The molecular weight excluding hydrogens is 420 g/mol. The molecule has 0 bridgehead atoms. The van der Waals surface area contributed by atoms with E-state index in [0.29, 0.717) is 0 Å². The molecule has 0 fully saturated rings. The monoisotopic (exact) mass is 434 g/mol. The Morgan fingerprint density at radius 1 is 0.793 bits per heavy atom. The third-order valence-corrected chi connectivity index (χ3v) is 5.58. The highest BCUT2D eigenvalue weighted by Crippen LogP contribution is 2.29. The molecule has 3 rings (SSSR count). The van der Waals surface area contributed by atoms with Crippen molar-refractivity contribution in [3.8, 4) is 0 Å². The third kappa shape index (κ3) is 5.00. The van der Waals surface area contributed by atoms with Crippen LogP contribution in [-0.4, -0.2) is 40.9 Å². The molecule has 1 aromatic heterocycles. The minimum Gasteiger partial charge on any atom is -0.323 e. The van der Waals surface area contributed by atoms with Crippen LogP contribution in [0.1, 0.15) is 11.1 Å². The Hall–Kier alpha value is -3.19. The van der Waals surface area contributed by atoms with Crippen molar-refractivity contribution >= 4 is 44.0 Å². The number of aromatic nitrogens is 3. The van der Waals surface area contributed by atoms with Crippen molar-refractivity contribution < 1.29 is 25.9 Å². The predicted octanol–water partition coefficient (Wildman–Crippen LogP) is 2.28. The van der Waals surface area contributed by atoms with Gasteiger partial charge < -0.3 is 5.32 Å². The molecule has 3 N–H and O–H groups in total. The summed E-state index contributed by atoms with van der Waals surface area (Å²) >= 11 is 0. The van der Waals surface area contributed by atoms with Crippen molar-refractivity contribution in [3.05, 3.63) is 66.2 Å². The van der Waals surface area contributed by atoms with Crippen LogP contribution < -0.4 is 5.32 Å². The van der Waals surface area contributed by atoms with Crippen molar-refractivity contribution in [3.63, 3.8) is 0 Å². The summed E-state index contributed by atoms with van der Waals surface area (Å²) < 4.78 is 66.1. The number of hydrogen-bond acceptors (Lipinski definition) is 8. The normalized spacial score (nSPS) is 12.2. The van der Waals surface area contributed by atoms with Crippen molar-refractivity contribution in [1.82, 2.24) is 15.0 Å². The summed E-state index contributed by atoms with van der Waals surface area (Å²) in [6.45, 7) is 0. The van der Waals surface area contributed by atoms with Gasteiger partial charge in [-0.3, -0.25) is 9.11 Å². The van der Waals surface area contributed by atoms with Gasteiger partial charge >= 0.3 is 0 Å². The van der Waals surface area contributed by atoms with Gasteiger partial charge in [0.05, 0.1) is 5.69 Å². The summed E-state index contributed by atoms with van der Waals surface area (Å²) in [6.07, 6.45) is 5.02. The summed E-state index contributed by atoms with van der Waals surface area (Å²) in [5, 5.41) is 2.68. The van der Waals surface area contributed by atoms with Crippen molar-refractivity contribution in [2.75, 3.05) is 5.32 Å². The topological polar surface area (TPSA) is 159 Å². The van der Waals surface area contributed by atoms with Crippen LogP contribution >= 0.6 is 0 Å². The third-order valence-electron chi connectivity index (χ3n) is 3.68. The van der Waals surface area contributed by atoms with Crippen LogP contribution in [0, 0.1) is 0 Å². The molecule has 150 valence electrons. The Bertz CT molecular complexity index is 1280. The molecule has 29 heavy (non-hydrogen) atoms. The fraction of sp³-hybridized carbons (Fsp3) is 0. The number of hydrogen-bond donors (Lipinski definition) is 3. The molecule has 0 aliphatic heterocycles. The Morgan fingerprint density at radius 3 is 2.07 bits per heavy atom. The van der Waals surface area contributed by atoms with Crippen LogP contribution in [0.4, 0.5) is 11.6 Å². The van der Waals surface area contributed by atoms with Gasteiger partial charge in [-0.25, -0.2) is 15.0 Å². The molecule has 3 aromatic rings. The van der Waals surface area contributed by atoms with Gasteiger partial charge in [0.1, 0.15) is 22.4 Å². The Labute approximate surface area is 166 Å². The Balaban J connectivity index is 2.10. The number of benzene rings is 2. The number of rotatable bonds is 6. The lowest BCUT2D eigenvalue weighted by molar-refractivity contribution is 0.481. The van der Waals surface area contributed by atoms with Crippen LogP contribution in [-0.2, 0) is 20.2 Å². The van der Waals surface area contributed by atoms with E-state index in [0.717, 1.165) is 0 Å². The second-order valence-corrected chi connectivity index (χ2v) is 8.38. The largest absolute Gasteiger partial charge is 0.323 e. The molecule has 0 radical (unpaired) electrons. The fourth-order valence-corrected chi connectivity index (χ4v) is 4.04. The molecule has 0 amide bonds. The van der Waals surface area contributed by atoms with E-state index in [9.17, 15) is 25.9 Å². The molecule has 0 aliphatic rings. The van der Waals surface area contributed by atoms with E-state index < -0.39 is 25.1 Å². The number of nitrogens with one attached hydrogen (secondary N) is 1. The van der Waals surface area contributed by atoms with Gasteiger partial charge in [-0.05, 0) is 23.3 Å². The van der Waals surface area contributed by atoms with Gasteiger partial charge in [-0.1, -0.05) is 42.5 Å². The predicted molar refractivity (Wildman–Crippen MR) is 105 cm³/mol. The quantitative estimate of drug-likeness (QED) is 0.388. The minimum absolute atomic E-state index is 0.00362. The summed E-state index contributed by atoms with van der Waals surface area (Å²) in [4.78, 5) is 10.5. The number of nitrogens with zero attached hydrogens (tertiary/aromatic N) is 3. The van der Waals surface area contributed by atoms with Crippen LogP contribution in [0.25, 0.3) is 12.2 Å². The maximum Gasteiger partial charge on any atom is 0.297 e. The highest BCUT2D eigenvalue weighted by atomic mass is 32.2.